The lowest BCUT2D eigenvalue weighted by Crippen LogP contribution is -1.99. The van der Waals surface area contributed by atoms with Gasteiger partial charge in [0.05, 0.1) is 0 Å². The highest BCUT2D eigenvalue weighted by molar-refractivity contribution is 5.85. The van der Waals surface area contributed by atoms with Crippen LogP contribution in [0.1, 0.15) is 17.5 Å². The zero-order valence-corrected chi connectivity index (χ0v) is 10.6. The third kappa shape index (κ3) is 5.60. The van der Waals surface area contributed by atoms with Crippen LogP contribution in [0.15, 0.2) is 30.3 Å². The van der Waals surface area contributed by atoms with Crippen LogP contribution in [0.3, 0.4) is 0 Å². The van der Waals surface area contributed by atoms with Crippen LogP contribution in [0.25, 0.3) is 6.08 Å². The fourth-order valence-electron chi connectivity index (χ4n) is 1.37. The second-order valence-corrected chi connectivity index (χ2v) is 3.98. The van der Waals surface area contributed by atoms with E-state index in [4.69, 9.17) is 0 Å². The fraction of sp³-hybridized carbons (Fsp3) is 0.385. The van der Waals surface area contributed by atoms with E-state index in [9.17, 15) is 0 Å². The number of hydrogen-bond acceptors (Lipinski definition) is 1. The van der Waals surface area contributed by atoms with Crippen molar-refractivity contribution < 1.29 is 0 Å². The van der Waals surface area contributed by atoms with Gasteiger partial charge in [-0.3, -0.25) is 0 Å². The third-order valence-electron chi connectivity index (χ3n) is 1.93. The number of fused-ring (bicyclic) bond motifs is 1. The van der Waals surface area contributed by atoms with Gasteiger partial charge in [-0.1, -0.05) is 36.4 Å². The Kier molecular flexibility index (Phi) is 7.10. The Hall–Kier alpha value is -0.790. The van der Waals surface area contributed by atoms with Crippen molar-refractivity contribution in [2.75, 3.05) is 21.1 Å². The molecule has 2 heteroatoms. The zero-order chi connectivity index (χ0) is 10.4. The van der Waals surface area contributed by atoms with Crippen molar-refractivity contribution >= 4 is 18.5 Å². The van der Waals surface area contributed by atoms with E-state index in [2.05, 4.69) is 36.4 Å². The third-order valence-corrected chi connectivity index (χ3v) is 1.93. The Morgan fingerprint density at radius 1 is 1.07 bits per heavy atom. The minimum absolute atomic E-state index is 0. The lowest BCUT2D eigenvalue weighted by molar-refractivity contribution is 0.505. The Morgan fingerprint density at radius 2 is 1.67 bits per heavy atom. The lowest BCUT2D eigenvalue weighted by atomic mass is 9.98. The van der Waals surface area contributed by atoms with Gasteiger partial charge in [-0.15, -0.1) is 12.4 Å². The summed E-state index contributed by atoms with van der Waals surface area (Å²) in [6.07, 6.45) is 6.87. The Bertz CT molecular complexity index is 302. The van der Waals surface area contributed by atoms with E-state index in [1.165, 1.54) is 24.0 Å². The van der Waals surface area contributed by atoms with E-state index < -0.39 is 0 Å². The quantitative estimate of drug-likeness (QED) is 0.655. The molecule has 1 aromatic carbocycles. The van der Waals surface area contributed by atoms with Gasteiger partial charge in [-0.05, 0) is 45.1 Å². The molecule has 0 bridgehead atoms. The van der Waals surface area contributed by atoms with Gasteiger partial charge in [0.25, 0.3) is 0 Å². The van der Waals surface area contributed by atoms with Crippen molar-refractivity contribution in [3.63, 3.8) is 0 Å². The molecule has 0 amide bonds. The summed E-state index contributed by atoms with van der Waals surface area (Å²) in [5, 5.41) is 0. The van der Waals surface area contributed by atoms with Gasteiger partial charge < -0.3 is 4.90 Å². The molecule has 0 unspecified atom stereocenters. The van der Waals surface area contributed by atoms with E-state index in [0.29, 0.717) is 0 Å². The first-order valence-corrected chi connectivity index (χ1v) is 5.05. The molecule has 0 saturated carbocycles. The molecule has 0 aromatic heterocycles. The smallest absolute Gasteiger partial charge is 0.0140 e. The Balaban J connectivity index is 0.000000346. The van der Waals surface area contributed by atoms with Crippen LogP contribution < -0.4 is 0 Å². The molecule has 0 N–H and O–H groups in total. The average molecular weight is 226 g/mol. The Labute approximate surface area is 99.2 Å². The summed E-state index contributed by atoms with van der Waals surface area (Å²) in [6.45, 7) is 0. The van der Waals surface area contributed by atoms with Crippen LogP contribution in [0, 0.1) is 0 Å². The zero-order valence-electron chi connectivity index (χ0n) is 9.73. The largest absolute Gasteiger partial charge is 0.312 e. The number of allylic oxidation sites excluding steroid dienone is 1. The summed E-state index contributed by atoms with van der Waals surface area (Å²) in [6, 6.07) is 8.58. The second kappa shape index (κ2) is 7.49. The van der Waals surface area contributed by atoms with Crippen LogP contribution in [0.2, 0.25) is 0 Å². The van der Waals surface area contributed by atoms with Gasteiger partial charge in [0.1, 0.15) is 0 Å². The van der Waals surface area contributed by atoms with Crippen LogP contribution in [-0.2, 0) is 6.42 Å². The van der Waals surface area contributed by atoms with Crippen LogP contribution in [-0.4, -0.2) is 26.0 Å². The normalized spacial score (nSPS) is 12.3. The number of rotatable bonds is 0. The number of hydrogen-bond donors (Lipinski definition) is 0. The minimum atomic E-state index is 0. The topological polar surface area (TPSA) is 3.24 Å². The lowest BCUT2D eigenvalue weighted by Gasteiger charge is -2.07. The Morgan fingerprint density at radius 3 is 2.27 bits per heavy atom. The van der Waals surface area contributed by atoms with E-state index in [1.807, 2.05) is 26.0 Å². The molecule has 0 heterocycles. The SMILES string of the molecule is C1=Cc2ccccc2CC1.CN(C)C.Cl. The maximum absolute atomic E-state index is 2.24. The molecule has 0 fully saturated rings. The number of aryl methyl sites for hydroxylation is 1. The van der Waals surface area contributed by atoms with Crippen LogP contribution in [0.4, 0.5) is 0 Å². The molecule has 1 aliphatic carbocycles. The van der Waals surface area contributed by atoms with Crippen molar-refractivity contribution in [3.05, 3.63) is 41.5 Å². The van der Waals surface area contributed by atoms with Crippen molar-refractivity contribution in [1.29, 1.82) is 0 Å². The molecular formula is C13H20ClN. The summed E-state index contributed by atoms with van der Waals surface area (Å²) in [5.41, 5.74) is 2.89. The highest BCUT2D eigenvalue weighted by atomic mass is 35.5. The van der Waals surface area contributed by atoms with Gasteiger partial charge >= 0.3 is 0 Å². The number of benzene rings is 1. The summed E-state index contributed by atoms with van der Waals surface area (Å²) in [7, 11) is 6.00. The predicted octanol–water partition coefficient (Wildman–Crippen LogP) is 3.25. The van der Waals surface area contributed by atoms with E-state index in [-0.39, 0.29) is 12.4 Å². The first kappa shape index (κ1) is 14.2. The molecule has 0 spiro atoms. The fourth-order valence-corrected chi connectivity index (χ4v) is 1.37. The molecule has 0 saturated heterocycles. The predicted molar refractivity (Wildman–Crippen MR) is 70.7 cm³/mol. The molecule has 2 rings (SSSR count). The van der Waals surface area contributed by atoms with Crippen molar-refractivity contribution in [2.24, 2.45) is 0 Å². The van der Waals surface area contributed by atoms with Gasteiger partial charge in [-0.2, -0.15) is 0 Å². The van der Waals surface area contributed by atoms with Crippen LogP contribution >= 0.6 is 12.4 Å². The summed E-state index contributed by atoms with van der Waals surface area (Å²) in [4.78, 5) is 2.00. The summed E-state index contributed by atoms with van der Waals surface area (Å²) >= 11 is 0. The van der Waals surface area contributed by atoms with Gasteiger partial charge in [-0.25, -0.2) is 0 Å². The molecule has 0 aliphatic heterocycles. The van der Waals surface area contributed by atoms with Gasteiger partial charge in [0.2, 0.25) is 0 Å². The first-order valence-electron chi connectivity index (χ1n) is 5.05. The van der Waals surface area contributed by atoms with Crippen molar-refractivity contribution in [1.82, 2.24) is 4.90 Å². The molecule has 1 nitrogen and oxygen atoms in total. The highest BCUT2D eigenvalue weighted by Gasteiger charge is 2.00. The maximum atomic E-state index is 2.24. The van der Waals surface area contributed by atoms with E-state index in [1.54, 1.807) is 0 Å². The molecule has 15 heavy (non-hydrogen) atoms. The standard InChI is InChI=1S/C10H10.C3H9N.ClH/c1-2-6-10-8-4-3-7-9(10)5-1;1-4(2)3;/h1-3,5-7H,4,8H2;1-3H3;1H. The van der Waals surface area contributed by atoms with Crippen molar-refractivity contribution in [3.8, 4) is 0 Å². The molecular weight excluding hydrogens is 206 g/mol. The number of nitrogens with zero attached hydrogens (tertiary/aromatic N) is 1. The first-order chi connectivity index (χ1) is 6.70. The van der Waals surface area contributed by atoms with Crippen molar-refractivity contribution in [2.45, 2.75) is 12.8 Å². The monoisotopic (exact) mass is 225 g/mol. The maximum Gasteiger partial charge on any atom is -0.0140 e. The van der Waals surface area contributed by atoms with Crippen LogP contribution in [0.5, 0.6) is 0 Å². The van der Waals surface area contributed by atoms with Gasteiger partial charge in [0.15, 0.2) is 0 Å². The average Bonchev–Trinajstić information content (AvgIpc) is 2.17. The molecule has 0 atom stereocenters. The molecule has 1 aliphatic rings. The van der Waals surface area contributed by atoms with E-state index >= 15 is 0 Å². The molecule has 1 aromatic rings. The highest BCUT2D eigenvalue weighted by Crippen LogP contribution is 2.17. The molecule has 84 valence electrons. The molecule has 0 radical (unpaired) electrons. The minimum Gasteiger partial charge on any atom is -0.312 e. The summed E-state index contributed by atoms with van der Waals surface area (Å²) in [5.74, 6) is 0. The number of halogens is 1. The van der Waals surface area contributed by atoms with Gasteiger partial charge in [0, 0.05) is 0 Å². The van der Waals surface area contributed by atoms with E-state index in [0.717, 1.165) is 0 Å². The second-order valence-electron chi connectivity index (χ2n) is 3.98. The summed E-state index contributed by atoms with van der Waals surface area (Å²) < 4.78 is 0.